The van der Waals surface area contributed by atoms with Gasteiger partial charge in [0.25, 0.3) is 0 Å². The smallest absolute Gasteiger partial charge is 0.244 e. The van der Waals surface area contributed by atoms with Gasteiger partial charge in [-0.1, -0.05) is 72.3 Å². The predicted molar refractivity (Wildman–Crippen MR) is 121 cm³/mol. The summed E-state index contributed by atoms with van der Waals surface area (Å²) in [6.07, 6.45) is 0. The summed E-state index contributed by atoms with van der Waals surface area (Å²) < 4.78 is 0. The summed E-state index contributed by atoms with van der Waals surface area (Å²) in [6.45, 7) is 0.745. The summed E-state index contributed by atoms with van der Waals surface area (Å²) in [4.78, 5) is 14.5. The molecule has 4 nitrogen and oxygen atoms in total. The molecule has 6 heteroatoms. The molecule has 1 aliphatic rings. The van der Waals surface area contributed by atoms with E-state index in [-0.39, 0.29) is 18.5 Å². The number of nitrogens with one attached hydrogen (secondary N) is 2. The first-order valence-electron chi connectivity index (χ1n) is 9.34. The molecule has 0 aliphatic carbocycles. The van der Waals surface area contributed by atoms with Crippen LogP contribution in [0, 0.1) is 0 Å². The maximum atomic E-state index is 12.6. The van der Waals surface area contributed by atoms with E-state index in [0.29, 0.717) is 16.7 Å². The van der Waals surface area contributed by atoms with Gasteiger partial charge in [-0.05, 0) is 41.5 Å². The predicted octanol–water partition coefficient (Wildman–Crippen LogP) is 4.76. The largest absolute Gasteiger partial charge is 0.358 e. The van der Waals surface area contributed by atoms with Gasteiger partial charge in [0, 0.05) is 22.8 Å². The SMILES string of the molecule is O=C1CN(C(=S)NCc2ccccc2)[C@@H](c2ccc(Cl)cc2)c2ccccc2N1. The Morgan fingerprint density at radius 1 is 1.03 bits per heavy atom. The third-order valence-corrected chi connectivity index (χ3v) is 5.52. The van der Waals surface area contributed by atoms with E-state index in [4.69, 9.17) is 23.8 Å². The van der Waals surface area contributed by atoms with Crippen LogP contribution in [0.3, 0.4) is 0 Å². The number of hydrogen-bond donors (Lipinski definition) is 2. The number of para-hydroxylation sites is 1. The Bertz CT molecular complexity index is 1020. The summed E-state index contributed by atoms with van der Waals surface area (Å²) in [5.41, 5.74) is 3.93. The summed E-state index contributed by atoms with van der Waals surface area (Å²) in [5.74, 6) is -0.0993. The Balaban J connectivity index is 1.69. The number of amides is 1. The molecular formula is C23H20ClN3OS. The first-order valence-corrected chi connectivity index (χ1v) is 10.1. The Labute approximate surface area is 180 Å². The molecule has 0 saturated carbocycles. The van der Waals surface area contributed by atoms with Crippen LogP contribution in [0.1, 0.15) is 22.7 Å². The van der Waals surface area contributed by atoms with Crippen LogP contribution in [0.4, 0.5) is 5.69 Å². The topological polar surface area (TPSA) is 44.4 Å². The van der Waals surface area contributed by atoms with E-state index in [0.717, 1.165) is 22.4 Å². The lowest BCUT2D eigenvalue weighted by atomic mass is 9.96. The summed E-state index contributed by atoms with van der Waals surface area (Å²) in [5, 5.41) is 7.50. The van der Waals surface area contributed by atoms with Crippen molar-refractivity contribution >= 4 is 40.5 Å². The molecule has 1 heterocycles. The number of thiocarbonyl (C=S) groups is 1. The quantitative estimate of drug-likeness (QED) is 0.598. The van der Waals surface area contributed by atoms with Gasteiger partial charge >= 0.3 is 0 Å². The van der Waals surface area contributed by atoms with Gasteiger partial charge in [0.15, 0.2) is 5.11 Å². The van der Waals surface area contributed by atoms with Gasteiger partial charge < -0.3 is 15.5 Å². The van der Waals surface area contributed by atoms with Crippen molar-refractivity contribution in [2.75, 3.05) is 11.9 Å². The van der Waals surface area contributed by atoms with E-state index in [1.807, 2.05) is 83.8 Å². The van der Waals surface area contributed by atoms with Crippen LogP contribution in [-0.4, -0.2) is 22.5 Å². The molecule has 3 aromatic carbocycles. The minimum Gasteiger partial charge on any atom is -0.358 e. The Hall–Kier alpha value is -2.89. The van der Waals surface area contributed by atoms with Gasteiger partial charge in [0.2, 0.25) is 5.91 Å². The fourth-order valence-electron chi connectivity index (χ4n) is 3.52. The molecule has 0 saturated heterocycles. The Morgan fingerprint density at radius 2 is 1.72 bits per heavy atom. The van der Waals surface area contributed by atoms with Crippen LogP contribution in [0.15, 0.2) is 78.9 Å². The molecule has 29 heavy (non-hydrogen) atoms. The third-order valence-electron chi connectivity index (χ3n) is 4.89. The van der Waals surface area contributed by atoms with Crippen LogP contribution in [0.25, 0.3) is 0 Å². The van der Waals surface area contributed by atoms with Crippen LogP contribution < -0.4 is 10.6 Å². The normalized spacial score (nSPS) is 15.8. The molecule has 3 aromatic rings. The summed E-state index contributed by atoms with van der Waals surface area (Å²) >= 11 is 11.8. The molecule has 0 bridgehead atoms. The number of rotatable bonds is 3. The van der Waals surface area contributed by atoms with Crippen LogP contribution in [0.2, 0.25) is 5.02 Å². The fourth-order valence-corrected chi connectivity index (χ4v) is 3.89. The Morgan fingerprint density at radius 3 is 2.48 bits per heavy atom. The minimum absolute atomic E-state index is 0.0993. The molecule has 1 amide bonds. The van der Waals surface area contributed by atoms with Gasteiger partial charge in [0.1, 0.15) is 6.54 Å². The van der Waals surface area contributed by atoms with E-state index >= 15 is 0 Å². The van der Waals surface area contributed by atoms with Crippen LogP contribution in [0.5, 0.6) is 0 Å². The maximum Gasteiger partial charge on any atom is 0.244 e. The molecule has 1 aliphatic heterocycles. The lowest BCUT2D eigenvalue weighted by Gasteiger charge is -2.32. The average Bonchev–Trinajstić information content (AvgIpc) is 2.89. The standard InChI is InChI=1S/C23H20ClN3OS/c24-18-12-10-17(11-13-18)22-19-8-4-5-9-20(19)26-21(28)15-27(22)23(29)25-14-16-6-2-1-3-7-16/h1-13,22H,14-15H2,(H,25,29)(H,26,28)/t22-/m0/s1. The van der Waals surface area contributed by atoms with Crippen molar-refractivity contribution in [3.63, 3.8) is 0 Å². The van der Waals surface area contributed by atoms with Crippen molar-refractivity contribution in [1.82, 2.24) is 10.2 Å². The highest BCUT2D eigenvalue weighted by Gasteiger charge is 2.31. The molecule has 4 rings (SSSR count). The first kappa shape index (κ1) is 19.4. The zero-order chi connectivity index (χ0) is 20.2. The molecule has 0 radical (unpaired) electrons. The zero-order valence-electron chi connectivity index (χ0n) is 15.6. The lowest BCUT2D eigenvalue weighted by molar-refractivity contribution is -0.116. The number of halogens is 1. The number of hydrogen-bond acceptors (Lipinski definition) is 2. The highest BCUT2D eigenvalue weighted by atomic mass is 35.5. The lowest BCUT2D eigenvalue weighted by Crippen LogP contribution is -2.44. The second kappa shape index (κ2) is 8.64. The number of benzene rings is 3. The van der Waals surface area contributed by atoms with Gasteiger partial charge in [-0.2, -0.15) is 0 Å². The van der Waals surface area contributed by atoms with Gasteiger partial charge in [-0.15, -0.1) is 0 Å². The van der Waals surface area contributed by atoms with Crippen molar-refractivity contribution in [2.24, 2.45) is 0 Å². The highest BCUT2D eigenvalue weighted by Crippen LogP contribution is 2.36. The molecule has 1 atom stereocenters. The van der Waals surface area contributed by atoms with Crippen LogP contribution in [-0.2, 0) is 11.3 Å². The van der Waals surface area contributed by atoms with Crippen molar-refractivity contribution in [3.05, 3.63) is 101 Å². The van der Waals surface area contributed by atoms with Gasteiger partial charge in [-0.3, -0.25) is 4.79 Å². The second-order valence-corrected chi connectivity index (χ2v) is 7.68. The molecule has 0 aromatic heterocycles. The summed E-state index contributed by atoms with van der Waals surface area (Å²) in [6, 6.07) is 25.3. The number of carbonyl (C=O) groups is 1. The number of anilines is 1. The van der Waals surface area contributed by atoms with Gasteiger partial charge in [-0.25, -0.2) is 0 Å². The van der Waals surface area contributed by atoms with E-state index in [9.17, 15) is 4.79 Å². The molecule has 0 unspecified atom stereocenters. The summed E-state index contributed by atoms with van der Waals surface area (Å²) in [7, 11) is 0. The molecule has 146 valence electrons. The van der Waals surface area contributed by atoms with Crippen molar-refractivity contribution in [1.29, 1.82) is 0 Å². The minimum atomic E-state index is -0.210. The third kappa shape index (κ3) is 4.42. The second-order valence-electron chi connectivity index (χ2n) is 6.86. The highest BCUT2D eigenvalue weighted by molar-refractivity contribution is 7.80. The van der Waals surface area contributed by atoms with E-state index in [2.05, 4.69) is 10.6 Å². The maximum absolute atomic E-state index is 12.6. The van der Waals surface area contributed by atoms with Crippen molar-refractivity contribution < 1.29 is 4.79 Å². The molecule has 0 fully saturated rings. The Kier molecular flexibility index (Phi) is 5.79. The number of fused-ring (bicyclic) bond motifs is 1. The molecule has 0 spiro atoms. The molecular weight excluding hydrogens is 402 g/mol. The van der Waals surface area contributed by atoms with Crippen molar-refractivity contribution in [2.45, 2.75) is 12.6 Å². The van der Waals surface area contributed by atoms with E-state index in [1.54, 1.807) is 0 Å². The van der Waals surface area contributed by atoms with Crippen LogP contribution >= 0.6 is 23.8 Å². The molecule has 2 N–H and O–H groups in total. The van der Waals surface area contributed by atoms with E-state index in [1.165, 1.54) is 0 Å². The fraction of sp³-hybridized carbons (Fsp3) is 0.130. The van der Waals surface area contributed by atoms with Gasteiger partial charge in [0.05, 0.1) is 6.04 Å². The van der Waals surface area contributed by atoms with E-state index < -0.39 is 0 Å². The number of carbonyl (C=O) groups excluding carboxylic acids is 1. The zero-order valence-corrected chi connectivity index (χ0v) is 17.2. The monoisotopic (exact) mass is 421 g/mol. The average molecular weight is 422 g/mol. The number of nitrogens with zero attached hydrogens (tertiary/aromatic N) is 1. The van der Waals surface area contributed by atoms with Crippen molar-refractivity contribution in [3.8, 4) is 0 Å². The first-order chi connectivity index (χ1) is 14.1.